The lowest BCUT2D eigenvalue weighted by atomic mass is 10.1. The summed E-state index contributed by atoms with van der Waals surface area (Å²) in [6.45, 7) is 7.39. The minimum Gasteiger partial charge on any atom is -0.351 e. The van der Waals surface area contributed by atoms with Crippen molar-refractivity contribution < 1.29 is 0 Å². The second-order valence-corrected chi connectivity index (χ2v) is 5.93. The van der Waals surface area contributed by atoms with Crippen molar-refractivity contribution in [3.8, 4) is 6.07 Å². The van der Waals surface area contributed by atoms with Gasteiger partial charge < -0.3 is 4.90 Å². The molecule has 0 bridgehead atoms. The molecule has 1 saturated heterocycles. The van der Waals surface area contributed by atoms with Crippen molar-refractivity contribution in [3.05, 3.63) is 23.4 Å². The van der Waals surface area contributed by atoms with Gasteiger partial charge >= 0.3 is 0 Å². The van der Waals surface area contributed by atoms with Crippen molar-refractivity contribution in [2.45, 2.75) is 32.1 Å². The third kappa shape index (κ3) is 2.39. The Balaban J connectivity index is 2.39. The lowest BCUT2D eigenvalue weighted by Crippen LogP contribution is -2.45. The van der Waals surface area contributed by atoms with E-state index in [2.05, 4.69) is 29.8 Å². The summed E-state index contributed by atoms with van der Waals surface area (Å²) in [6.07, 6.45) is 0. The lowest BCUT2D eigenvalue weighted by Gasteiger charge is -2.38. The zero-order valence-corrected chi connectivity index (χ0v) is 11.3. The molecule has 17 heavy (non-hydrogen) atoms. The molecule has 3 nitrogen and oxygen atoms in total. The number of hydrogen-bond acceptors (Lipinski definition) is 4. The Bertz CT molecular complexity index is 452. The van der Waals surface area contributed by atoms with E-state index in [-0.39, 0.29) is 0 Å². The Morgan fingerprint density at radius 3 is 2.94 bits per heavy atom. The van der Waals surface area contributed by atoms with Crippen LogP contribution in [0.3, 0.4) is 0 Å². The Hall–Kier alpha value is -1.21. The van der Waals surface area contributed by atoms with E-state index in [1.54, 1.807) is 0 Å². The largest absolute Gasteiger partial charge is 0.351 e. The summed E-state index contributed by atoms with van der Waals surface area (Å²) in [6, 6.07) is 6.44. The maximum Gasteiger partial charge on any atom is 0.147 e. The summed E-state index contributed by atoms with van der Waals surface area (Å²) in [7, 11) is 0. The fraction of sp³-hybridized carbons (Fsp3) is 0.538. The van der Waals surface area contributed by atoms with Crippen molar-refractivity contribution in [1.29, 1.82) is 5.26 Å². The van der Waals surface area contributed by atoms with Crippen LogP contribution in [0.4, 0.5) is 5.82 Å². The highest BCUT2D eigenvalue weighted by molar-refractivity contribution is 8.00. The molecular formula is C13H17N3S. The molecule has 1 fully saturated rings. The molecule has 0 aromatic carbocycles. The highest BCUT2D eigenvalue weighted by Crippen LogP contribution is 2.29. The molecule has 4 heteroatoms. The van der Waals surface area contributed by atoms with E-state index in [4.69, 9.17) is 0 Å². The zero-order valence-electron chi connectivity index (χ0n) is 10.5. The van der Waals surface area contributed by atoms with Crippen molar-refractivity contribution in [2.24, 2.45) is 0 Å². The van der Waals surface area contributed by atoms with Crippen LogP contribution in [0, 0.1) is 18.3 Å². The molecule has 0 N–H and O–H groups in total. The van der Waals surface area contributed by atoms with Crippen LogP contribution >= 0.6 is 11.8 Å². The van der Waals surface area contributed by atoms with Crippen molar-refractivity contribution in [3.63, 3.8) is 0 Å². The standard InChI is InChI=1S/C13H17N3S/c1-9-4-5-12(8-14)13(15-9)16-6-7-17-11(3)10(16)2/h4-5,10-11H,6-7H2,1-3H3. The Labute approximate surface area is 107 Å². The molecule has 2 atom stereocenters. The molecule has 2 unspecified atom stereocenters. The minimum atomic E-state index is 0.426. The van der Waals surface area contributed by atoms with Gasteiger partial charge in [0, 0.05) is 29.3 Å². The van der Waals surface area contributed by atoms with Gasteiger partial charge in [0.05, 0.1) is 5.56 Å². The number of thioether (sulfide) groups is 1. The highest BCUT2D eigenvalue weighted by atomic mass is 32.2. The second kappa shape index (κ2) is 4.97. The van der Waals surface area contributed by atoms with Crippen molar-refractivity contribution in [1.82, 2.24) is 4.98 Å². The van der Waals surface area contributed by atoms with Crippen LogP contribution in [0.2, 0.25) is 0 Å². The number of anilines is 1. The normalized spacial score (nSPS) is 24.5. The first-order chi connectivity index (χ1) is 8.13. The Morgan fingerprint density at radius 1 is 1.47 bits per heavy atom. The lowest BCUT2D eigenvalue weighted by molar-refractivity contribution is 0.619. The molecule has 0 aliphatic carbocycles. The molecule has 1 aliphatic rings. The van der Waals surface area contributed by atoms with E-state index in [1.807, 2.05) is 30.8 Å². The molecular weight excluding hydrogens is 230 g/mol. The fourth-order valence-electron chi connectivity index (χ4n) is 2.08. The van der Waals surface area contributed by atoms with Crippen molar-refractivity contribution in [2.75, 3.05) is 17.2 Å². The predicted octanol–water partition coefficient (Wildman–Crippen LogP) is 2.59. The zero-order chi connectivity index (χ0) is 12.4. The second-order valence-electron chi connectivity index (χ2n) is 4.45. The van der Waals surface area contributed by atoms with Gasteiger partial charge in [-0.3, -0.25) is 0 Å². The third-order valence-electron chi connectivity index (χ3n) is 3.29. The van der Waals surface area contributed by atoms with Crippen LogP contribution in [0.15, 0.2) is 12.1 Å². The van der Waals surface area contributed by atoms with Gasteiger partial charge in [-0.25, -0.2) is 4.98 Å². The summed E-state index contributed by atoms with van der Waals surface area (Å²) < 4.78 is 0. The van der Waals surface area contributed by atoms with E-state index in [0.29, 0.717) is 16.9 Å². The monoisotopic (exact) mass is 247 g/mol. The molecule has 90 valence electrons. The summed E-state index contributed by atoms with van der Waals surface area (Å²) in [4.78, 5) is 6.82. The maximum atomic E-state index is 9.17. The molecule has 0 radical (unpaired) electrons. The molecule has 0 amide bonds. The van der Waals surface area contributed by atoms with E-state index in [9.17, 15) is 5.26 Å². The Kier molecular flexibility index (Phi) is 3.58. The first kappa shape index (κ1) is 12.3. The molecule has 0 saturated carbocycles. The van der Waals surface area contributed by atoms with E-state index in [0.717, 1.165) is 23.8 Å². The summed E-state index contributed by atoms with van der Waals surface area (Å²) in [5.41, 5.74) is 1.65. The molecule has 1 aromatic heterocycles. The number of pyridine rings is 1. The number of aromatic nitrogens is 1. The van der Waals surface area contributed by atoms with Gasteiger partial charge in [0.15, 0.2) is 0 Å². The van der Waals surface area contributed by atoms with Crippen molar-refractivity contribution >= 4 is 17.6 Å². The maximum absolute atomic E-state index is 9.17. The van der Waals surface area contributed by atoms with Gasteiger partial charge in [0.25, 0.3) is 0 Å². The summed E-state index contributed by atoms with van der Waals surface area (Å²) in [5.74, 6) is 1.96. The number of aryl methyl sites for hydroxylation is 1. The third-order valence-corrected chi connectivity index (χ3v) is 4.63. The predicted molar refractivity (Wildman–Crippen MR) is 72.4 cm³/mol. The van der Waals surface area contributed by atoms with E-state index in [1.165, 1.54) is 0 Å². The van der Waals surface area contributed by atoms with Crippen LogP contribution in [0.5, 0.6) is 0 Å². The van der Waals surface area contributed by atoms with Crippen LogP contribution < -0.4 is 4.90 Å². The van der Waals surface area contributed by atoms with Crippen LogP contribution in [-0.4, -0.2) is 28.6 Å². The molecule has 2 rings (SSSR count). The van der Waals surface area contributed by atoms with Gasteiger partial charge in [-0.05, 0) is 26.0 Å². The highest BCUT2D eigenvalue weighted by Gasteiger charge is 2.27. The number of rotatable bonds is 1. The summed E-state index contributed by atoms with van der Waals surface area (Å²) in [5, 5.41) is 9.75. The number of hydrogen-bond donors (Lipinski definition) is 0. The number of nitrogens with zero attached hydrogens (tertiary/aromatic N) is 3. The van der Waals surface area contributed by atoms with Gasteiger partial charge in [-0.1, -0.05) is 6.92 Å². The van der Waals surface area contributed by atoms with Crippen LogP contribution in [0.25, 0.3) is 0 Å². The summed E-state index contributed by atoms with van der Waals surface area (Å²) >= 11 is 1.99. The number of nitriles is 1. The SMILES string of the molecule is Cc1ccc(C#N)c(N2CCSC(C)C2C)n1. The minimum absolute atomic E-state index is 0.426. The quantitative estimate of drug-likeness (QED) is 0.764. The topological polar surface area (TPSA) is 39.9 Å². The van der Waals surface area contributed by atoms with Gasteiger partial charge in [-0.15, -0.1) is 0 Å². The smallest absolute Gasteiger partial charge is 0.147 e. The Morgan fingerprint density at radius 2 is 2.24 bits per heavy atom. The fourth-order valence-corrected chi connectivity index (χ4v) is 3.18. The molecule has 2 heterocycles. The average Bonchev–Trinajstić information content (AvgIpc) is 2.33. The van der Waals surface area contributed by atoms with E-state index >= 15 is 0 Å². The van der Waals surface area contributed by atoms with Gasteiger partial charge in [0.1, 0.15) is 11.9 Å². The molecule has 0 spiro atoms. The van der Waals surface area contributed by atoms with E-state index < -0.39 is 0 Å². The first-order valence-corrected chi connectivity index (χ1v) is 6.94. The van der Waals surface area contributed by atoms with Gasteiger partial charge in [0.2, 0.25) is 0 Å². The van der Waals surface area contributed by atoms with Crippen LogP contribution in [-0.2, 0) is 0 Å². The molecule has 1 aliphatic heterocycles. The van der Waals surface area contributed by atoms with Crippen LogP contribution in [0.1, 0.15) is 25.1 Å². The average molecular weight is 247 g/mol. The molecule has 1 aromatic rings. The van der Waals surface area contributed by atoms with Gasteiger partial charge in [-0.2, -0.15) is 17.0 Å². The first-order valence-electron chi connectivity index (χ1n) is 5.89.